The molecule has 0 atom stereocenters. The van der Waals surface area contributed by atoms with Crippen LogP contribution in [0.3, 0.4) is 0 Å². The largest absolute Gasteiger partial charge is 0.482 e. The number of aromatic nitrogens is 2. The number of guanidine groups is 1. The van der Waals surface area contributed by atoms with Crippen LogP contribution < -0.4 is 26.8 Å². The van der Waals surface area contributed by atoms with Crippen molar-refractivity contribution >= 4 is 47.0 Å². The molecular formula is C24H29ClN8O5. The molecule has 2 amide bonds. The average Bonchev–Trinajstić information content (AvgIpc) is 3.30. The molecule has 0 bridgehead atoms. The summed E-state index contributed by atoms with van der Waals surface area (Å²) in [5, 5.41) is 5.83. The van der Waals surface area contributed by atoms with E-state index in [1.165, 1.54) is 7.11 Å². The van der Waals surface area contributed by atoms with Crippen molar-refractivity contribution in [1.29, 1.82) is 0 Å². The van der Waals surface area contributed by atoms with E-state index in [0.29, 0.717) is 57.0 Å². The van der Waals surface area contributed by atoms with Crippen LogP contribution in [0.5, 0.6) is 5.75 Å². The van der Waals surface area contributed by atoms with Crippen LogP contribution in [0.25, 0.3) is 0 Å². The highest BCUT2D eigenvalue weighted by molar-refractivity contribution is 6.31. The fourth-order valence-corrected chi connectivity index (χ4v) is 4.36. The number of rotatable bonds is 7. The van der Waals surface area contributed by atoms with Crippen molar-refractivity contribution in [3.8, 4) is 5.75 Å². The molecule has 0 aliphatic carbocycles. The van der Waals surface area contributed by atoms with Crippen LogP contribution in [-0.2, 0) is 20.7 Å². The molecule has 1 aromatic carbocycles. The van der Waals surface area contributed by atoms with Gasteiger partial charge in [0.15, 0.2) is 35.0 Å². The van der Waals surface area contributed by atoms with Gasteiger partial charge in [0.1, 0.15) is 5.75 Å². The lowest BCUT2D eigenvalue weighted by Crippen LogP contribution is -2.57. The minimum atomic E-state index is -0.601. The van der Waals surface area contributed by atoms with Crippen LogP contribution in [-0.4, -0.2) is 77.5 Å². The summed E-state index contributed by atoms with van der Waals surface area (Å²) in [6.07, 6.45) is 2.34. The predicted molar refractivity (Wildman–Crippen MR) is 140 cm³/mol. The first-order chi connectivity index (χ1) is 18.2. The van der Waals surface area contributed by atoms with Crippen molar-refractivity contribution in [2.75, 3.05) is 44.8 Å². The minimum absolute atomic E-state index is 0.0581. The highest BCUT2D eigenvalue weighted by atomic mass is 35.5. The summed E-state index contributed by atoms with van der Waals surface area (Å²) in [6, 6.07) is 7.27. The van der Waals surface area contributed by atoms with Gasteiger partial charge in [0.05, 0.1) is 19.2 Å². The number of nitrogens with two attached hydrogens (primary N) is 2. The molecule has 2 aliphatic heterocycles. The van der Waals surface area contributed by atoms with Crippen molar-refractivity contribution in [2.45, 2.75) is 31.2 Å². The molecule has 2 aromatic rings. The molecule has 38 heavy (non-hydrogen) atoms. The number of amides is 2. The monoisotopic (exact) mass is 544 g/mol. The first kappa shape index (κ1) is 26.9. The van der Waals surface area contributed by atoms with Crippen molar-refractivity contribution in [3.63, 3.8) is 0 Å². The van der Waals surface area contributed by atoms with Crippen LogP contribution in [0.15, 0.2) is 29.3 Å². The third kappa shape index (κ3) is 6.40. The number of ether oxygens (including phenoxy) is 2. The molecule has 1 fully saturated rings. The molecular weight excluding hydrogens is 516 g/mol. The molecule has 2 aliphatic rings. The Hall–Kier alpha value is -4.13. The van der Waals surface area contributed by atoms with Crippen LogP contribution >= 0.6 is 11.6 Å². The molecule has 1 spiro atoms. The fourth-order valence-electron chi connectivity index (χ4n) is 4.24. The Bertz CT molecular complexity index is 1250. The Balaban J connectivity index is 1.21. The first-order valence-electron chi connectivity index (χ1n) is 12.0. The quantitative estimate of drug-likeness (QED) is 0.358. The van der Waals surface area contributed by atoms with E-state index in [1.54, 1.807) is 12.1 Å². The number of piperidine rings is 1. The van der Waals surface area contributed by atoms with Crippen LogP contribution in [0.2, 0.25) is 5.15 Å². The zero-order valence-electron chi connectivity index (χ0n) is 20.8. The molecule has 13 nitrogen and oxygen atoms in total. The highest BCUT2D eigenvalue weighted by Gasteiger charge is 2.40. The Morgan fingerprint density at radius 3 is 2.53 bits per heavy atom. The topological polar surface area (TPSA) is 187 Å². The van der Waals surface area contributed by atoms with Gasteiger partial charge in [0.2, 0.25) is 5.91 Å². The normalized spacial score (nSPS) is 15.9. The van der Waals surface area contributed by atoms with Gasteiger partial charge in [-0.3, -0.25) is 19.9 Å². The molecule has 1 aromatic heterocycles. The molecule has 0 unspecified atom stereocenters. The second-order valence-corrected chi connectivity index (χ2v) is 9.41. The maximum absolute atomic E-state index is 12.8. The summed E-state index contributed by atoms with van der Waals surface area (Å²) in [4.78, 5) is 50.5. The van der Waals surface area contributed by atoms with E-state index in [2.05, 4.69) is 30.3 Å². The average molecular weight is 545 g/mol. The number of carbonyl (C=O) groups is 3. The number of hydrogen-bond acceptors (Lipinski definition) is 11. The number of methoxy groups -OCH3 is 1. The van der Waals surface area contributed by atoms with Crippen molar-refractivity contribution in [1.82, 2.24) is 25.5 Å². The fraction of sp³-hybridized carbons (Fsp3) is 0.417. The zero-order valence-corrected chi connectivity index (χ0v) is 21.6. The molecule has 1 saturated heterocycles. The van der Waals surface area contributed by atoms with Gasteiger partial charge in [-0.25, -0.2) is 14.8 Å². The molecule has 0 saturated carbocycles. The van der Waals surface area contributed by atoms with E-state index in [1.807, 2.05) is 17.0 Å². The predicted octanol–water partition coefficient (Wildman–Crippen LogP) is 0.529. The summed E-state index contributed by atoms with van der Waals surface area (Å²) >= 11 is 5.86. The van der Waals surface area contributed by atoms with Crippen LogP contribution in [0.4, 0.5) is 11.6 Å². The number of anilines is 2. The maximum Gasteiger partial charge on any atom is 0.343 e. The number of nitrogens with zero attached hydrogens (tertiary/aromatic N) is 4. The highest BCUT2D eigenvalue weighted by Crippen LogP contribution is 2.26. The van der Waals surface area contributed by atoms with Crippen molar-refractivity contribution in [3.05, 3.63) is 40.7 Å². The van der Waals surface area contributed by atoms with Gasteiger partial charge in [-0.05, 0) is 37.0 Å². The number of carbonyl (C=O) groups excluding carboxylic acids is 3. The van der Waals surface area contributed by atoms with Gasteiger partial charge in [-0.15, -0.1) is 0 Å². The Labute approximate surface area is 223 Å². The number of aryl methyl sites for hydroxylation is 1. The van der Waals surface area contributed by atoms with Gasteiger partial charge in [0.25, 0.3) is 5.91 Å². The summed E-state index contributed by atoms with van der Waals surface area (Å²) in [7, 11) is 1.30. The zero-order chi connectivity index (χ0) is 27.3. The lowest BCUT2D eigenvalue weighted by Gasteiger charge is -2.39. The number of aliphatic imine (C=N–C) groups is 1. The van der Waals surface area contributed by atoms with Gasteiger partial charge in [-0.1, -0.05) is 23.7 Å². The van der Waals surface area contributed by atoms with E-state index in [-0.39, 0.29) is 40.5 Å². The molecule has 14 heteroatoms. The number of nitrogen functional groups attached to an aromatic ring is 2. The molecule has 0 radical (unpaired) electrons. The molecule has 202 valence electrons. The summed E-state index contributed by atoms with van der Waals surface area (Å²) in [5.41, 5.74) is 11.8. The van der Waals surface area contributed by atoms with E-state index >= 15 is 0 Å². The first-order valence-corrected chi connectivity index (χ1v) is 12.3. The number of likely N-dealkylation sites (tertiary alicyclic amines) is 1. The number of nitrogens with one attached hydrogen (secondary N) is 2. The third-order valence-electron chi connectivity index (χ3n) is 6.48. The molecule has 3 heterocycles. The maximum atomic E-state index is 12.8. The molecule has 6 N–H and O–H groups in total. The van der Waals surface area contributed by atoms with Crippen molar-refractivity contribution < 1.29 is 23.9 Å². The minimum Gasteiger partial charge on any atom is -0.482 e. The summed E-state index contributed by atoms with van der Waals surface area (Å²) < 4.78 is 9.88. The smallest absolute Gasteiger partial charge is 0.343 e. The number of benzene rings is 1. The van der Waals surface area contributed by atoms with E-state index < -0.39 is 11.9 Å². The third-order valence-corrected chi connectivity index (χ3v) is 6.76. The SMILES string of the molecule is COC(=O)COc1ccc(CCC(=O)N2CCC3(CC2)CN=C(NC(=O)c2nc(Cl)c(N)nc2N)N3)cc1. The second-order valence-electron chi connectivity index (χ2n) is 9.05. The Morgan fingerprint density at radius 2 is 1.84 bits per heavy atom. The second kappa shape index (κ2) is 11.5. The molecule has 4 rings (SSSR count). The van der Waals surface area contributed by atoms with Gasteiger partial charge < -0.3 is 31.2 Å². The van der Waals surface area contributed by atoms with Gasteiger partial charge in [-0.2, -0.15) is 0 Å². The number of hydrogen-bond donors (Lipinski definition) is 4. The standard InChI is InChI=1S/C24H29ClN8O5/c1-37-17(35)12-38-15-5-2-14(3-6-15)4-7-16(34)33-10-8-24(9-11-33)13-28-23(32-24)31-22(36)18-20(26)30-21(27)19(25)29-18/h2-3,5-6H,4,7-13H2,1H3,(H4,26,27,30)(H2,28,31,32,36). The summed E-state index contributed by atoms with van der Waals surface area (Å²) in [5.74, 6) is -0.301. The van der Waals surface area contributed by atoms with E-state index in [9.17, 15) is 14.4 Å². The Kier molecular flexibility index (Phi) is 8.15. The lowest BCUT2D eigenvalue weighted by molar-refractivity contribution is -0.143. The Morgan fingerprint density at radius 1 is 1.13 bits per heavy atom. The van der Waals surface area contributed by atoms with E-state index in [4.69, 9.17) is 27.8 Å². The van der Waals surface area contributed by atoms with Gasteiger partial charge >= 0.3 is 5.97 Å². The number of halogens is 1. The van der Waals surface area contributed by atoms with Crippen molar-refractivity contribution in [2.24, 2.45) is 4.99 Å². The van der Waals surface area contributed by atoms with Crippen LogP contribution in [0, 0.1) is 0 Å². The van der Waals surface area contributed by atoms with Gasteiger partial charge in [0, 0.05) is 19.5 Å². The van der Waals surface area contributed by atoms with E-state index in [0.717, 1.165) is 5.56 Å². The lowest BCUT2D eigenvalue weighted by atomic mass is 9.88. The summed E-state index contributed by atoms with van der Waals surface area (Å²) in [6.45, 7) is 1.47. The number of esters is 1. The van der Waals surface area contributed by atoms with Crippen LogP contribution in [0.1, 0.15) is 35.3 Å².